The molecule has 43 heavy (non-hydrogen) atoms. The number of ether oxygens (including phenoxy) is 1. The fourth-order valence-electron chi connectivity index (χ4n) is 5.56. The minimum absolute atomic E-state index is 0.0565. The molecule has 1 aliphatic rings. The minimum Gasteiger partial charge on any atom is -0.496 e. The van der Waals surface area contributed by atoms with Gasteiger partial charge in [0.1, 0.15) is 17.5 Å². The van der Waals surface area contributed by atoms with Gasteiger partial charge in [-0.05, 0) is 62.8 Å². The summed E-state index contributed by atoms with van der Waals surface area (Å²) in [5.74, 6) is -0.847. The van der Waals surface area contributed by atoms with Gasteiger partial charge in [-0.3, -0.25) is 19.5 Å². The van der Waals surface area contributed by atoms with E-state index in [4.69, 9.17) is 4.74 Å². The number of fused-ring (bicyclic) bond motifs is 1. The molecular formula is C31H42N8O4. The molecule has 1 unspecified atom stereocenters. The number of methoxy groups -OCH3 is 1. The Balaban J connectivity index is 1.44. The molecular weight excluding hydrogens is 548 g/mol. The van der Waals surface area contributed by atoms with Crippen molar-refractivity contribution in [1.82, 2.24) is 36.4 Å². The van der Waals surface area contributed by atoms with Crippen LogP contribution in [0.1, 0.15) is 62.0 Å². The lowest BCUT2D eigenvalue weighted by atomic mass is 9.87. The van der Waals surface area contributed by atoms with Gasteiger partial charge in [0.05, 0.1) is 25.3 Å². The van der Waals surface area contributed by atoms with Gasteiger partial charge in [-0.15, -0.1) is 0 Å². The summed E-state index contributed by atoms with van der Waals surface area (Å²) in [4.78, 5) is 42.6. The lowest BCUT2D eigenvalue weighted by Crippen LogP contribution is -2.52. The molecule has 4 atom stereocenters. The van der Waals surface area contributed by atoms with E-state index in [2.05, 4.69) is 42.5 Å². The monoisotopic (exact) mass is 590 g/mol. The Kier molecular flexibility index (Phi) is 11.2. The molecule has 12 nitrogen and oxygen atoms in total. The first-order valence-electron chi connectivity index (χ1n) is 14.9. The predicted molar refractivity (Wildman–Crippen MR) is 162 cm³/mol. The van der Waals surface area contributed by atoms with Crippen molar-refractivity contribution in [3.63, 3.8) is 0 Å². The van der Waals surface area contributed by atoms with Crippen molar-refractivity contribution in [2.45, 2.75) is 64.6 Å². The van der Waals surface area contributed by atoms with Gasteiger partial charge in [-0.25, -0.2) is 0 Å². The van der Waals surface area contributed by atoms with Gasteiger partial charge in [0.15, 0.2) is 0 Å². The van der Waals surface area contributed by atoms with Crippen LogP contribution in [0.5, 0.6) is 5.75 Å². The molecule has 1 fully saturated rings. The molecule has 0 spiro atoms. The summed E-state index contributed by atoms with van der Waals surface area (Å²) in [7, 11) is 1.57. The van der Waals surface area contributed by atoms with Crippen LogP contribution in [0.25, 0.3) is 10.9 Å². The summed E-state index contributed by atoms with van der Waals surface area (Å²) in [6.07, 6.45) is 6.28. The topological polar surface area (TPSA) is 177 Å². The van der Waals surface area contributed by atoms with Crippen LogP contribution in [0.2, 0.25) is 0 Å². The average Bonchev–Trinajstić information content (AvgIpc) is 3.75. The number of nitriles is 1. The number of nitrogens with zero attached hydrogens (tertiary/aromatic N) is 2. The van der Waals surface area contributed by atoms with Gasteiger partial charge >= 0.3 is 0 Å². The molecule has 230 valence electrons. The van der Waals surface area contributed by atoms with Crippen LogP contribution < -0.4 is 26.0 Å². The Morgan fingerprint density at radius 3 is 2.77 bits per heavy atom. The van der Waals surface area contributed by atoms with Crippen molar-refractivity contribution in [3.8, 4) is 11.8 Å². The van der Waals surface area contributed by atoms with Crippen LogP contribution in [0.3, 0.4) is 0 Å². The second-order valence-corrected chi connectivity index (χ2v) is 11.5. The van der Waals surface area contributed by atoms with Gasteiger partial charge in [0.2, 0.25) is 11.8 Å². The van der Waals surface area contributed by atoms with Crippen molar-refractivity contribution >= 4 is 28.6 Å². The van der Waals surface area contributed by atoms with Crippen LogP contribution in [0.15, 0.2) is 36.7 Å². The quantitative estimate of drug-likeness (QED) is 0.139. The number of benzene rings is 1. The van der Waals surface area contributed by atoms with Crippen molar-refractivity contribution in [2.75, 3.05) is 20.2 Å². The highest BCUT2D eigenvalue weighted by Crippen LogP contribution is 2.26. The summed E-state index contributed by atoms with van der Waals surface area (Å²) in [5, 5.41) is 29.8. The van der Waals surface area contributed by atoms with E-state index in [1.165, 1.54) is 0 Å². The normalized spacial score (nSPS) is 16.8. The van der Waals surface area contributed by atoms with E-state index >= 15 is 0 Å². The average molecular weight is 591 g/mol. The third-order valence-electron chi connectivity index (χ3n) is 7.85. The highest BCUT2D eigenvalue weighted by Gasteiger charge is 2.34. The number of carbonyl (C=O) groups is 3. The van der Waals surface area contributed by atoms with Gasteiger partial charge in [-0.2, -0.15) is 10.4 Å². The van der Waals surface area contributed by atoms with Crippen LogP contribution in [-0.4, -0.2) is 65.2 Å². The Morgan fingerprint density at radius 2 is 2.09 bits per heavy atom. The first-order valence-corrected chi connectivity index (χ1v) is 14.9. The molecule has 0 saturated carbocycles. The summed E-state index contributed by atoms with van der Waals surface area (Å²) < 4.78 is 5.41. The number of amides is 3. The third-order valence-corrected chi connectivity index (χ3v) is 7.85. The number of hydrogen-bond donors (Lipinski definition) is 6. The summed E-state index contributed by atoms with van der Waals surface area (Å²) >= 11 is 0. The Bertz CT molecular complexity index is 1410. The van der Waals surface area contributed by atoms with E-state index in [1.807, 2.05) is 38.2 Å². The fraction of sp³-hybridized carbons (Fsp3) is 0.516. The van der Waals surface area contributed by atoms with Crippen LogP contribution in [0.4, 0.5) is 0 Å². The number of rotatable bonds is 16. The Morgan fingerprint density at radius 1 is 1.26 bits per heavy atom. The maximum absolute atomic E-state index is 13.7. The summed E-state index contributed by atoms with van der Waals surface area (Å²) in [6.45, 7) is 5.90. The van der Waals surface area contributed by atoms with Crippen molar-refractivity contribution < 1.29 is 19.1 Å². The fourth-order valence-corrected chi connectivity index (χ4v) is 5.56. The van der Waals surface area contributed by atoms with E-state index < -0.39 is 23.9 Å². The molecule has 0 bridgehead atoms. The second kappa shape index (κ2) is 15.2. The van der Waals surface area contributed by atoms with Crippen molar-refractivity contribution in [1.29, 1.82) is 5.26 Å². The molecule has 3 aromatic rings. The first-order chi connectivity index (χ1) is 20.8. The van der Waals surface area contributed by atoms with E-state index in [-0.39, 0.29) is 23.7 Å². The standard InChI is InChI=1S/C31H42N8O4/c1-19(2)12-26(39-31(42)27-14-23-24(37-27)7-4-8-28(23)43-3)30(41)38-25(13-21-9-11-34-29(21)40)22(15-32)6-5-10-33-16-20-17-35-36-18-20/h4,7-8,14,17-19,21-22,25-26,33,37H,5-6,9-13,16H2,1-3H3,(H,34,40)(H,35,36)(H,38,41)(H,39,42)/t21-,22?,25-,26-/m0/s1. The van der Waals surface area contributed by atoms with Crippen LogP contribution >= 0.6 is 0 Å². The zero-order valence-corrected chi connectivity index (χ0v) is 25.0. The molecule has 0 radical (unpaired) electrons. The van der Waals surface area contributed by atoms with E-state index in [9.17, 15) is 19.6 Å². The predicted octanol–water partition coefficient (Wildman–Crippen LogP) is 2.76. The Labute approximate surface area is 251 Å². The molecule has 2 aromatic heterocycles. The molecule has 3 amide bonds. The van der Waals surface area contributed by atoms with E-state index in [1.54, 1.807) is 19.4 Å². The molecule has 1 aliphatic heterocycles. The molecule has 6 N–H and O–H groups in total. The number of aromatic nitrogens is 3. The summed E-state index contributed by atoms with van der Waals surface area (Å²) in [5.41, 5.74) is 2.11. The summed E-state index contributed by atoms with van der Waals surface area (Å²) in [6, 6.07) is 8.23. The van der Waals surface area contributed by atoms with Gasteiger partial charge < -0.3 is 31.0 Å². The Hall–Kier alpha value is -4.37. The lowest BCUT2D eigenvalue weighted by molar-refractivity contribution is -0.126. The zero-order valence-electron chi connectivity index (χ0n) is 25.0. The van der Waals surface area contributed by atoms with Crippen LogP contribution in [0, 0.1) is 29.1 Å². The van der Waals surface area contributed by atoms with Gasteiger partial charge in [-0.1, -0.05) is 19.9 Å². The SMILES string of the molecule is COc1cccc2[nH]c(C(=O)N[C@@H](CC(C)C)C(=O)N[C@@H](C[C@@H]3CCNC3=O)C(C#N)CCCNCc3cn[nH]c3)cc12. The van der Waals surface area contributed by atoms with Crippen molar-refractivity contribution in [2.24, 2.45) is 17.8 Å². The maximum atomic E-state index is 13.7. The highest BCUT2D eigenvalue weighted by atomic mass is 16.5. The first kappa shape index (κ1) is 31.6. The maximum Gasteiger partial charge on any atom is 0.268 e. The number of H-pyrrole nitrogens is 2. The second-order valence-electron chi connectivity index (χ2n) is 11.5. The minimum atomic E-state index is -0.823. The smallest absolute Gasteiger partial charge is 0.268 e. The number of hydrogen-bond acceptors (Lipinski definition) is 7. The number of carbonyl (C=O) groups excluding carboxylic acids is 3. The molecule has 4 rings (SSSR count). The number of nitrogens with one attached hydrogen (secondary N) is 6. The third kappa shape index (κ3) is 8.58. The van der Waals surface area contributed by atoms with Gasteiger partial charge in [0.25, 0.3) is 5.91 Å². The van der Waals surface area contributed by atoms with E-state index in [0.717, 1.165) is 22.9 Å². The molecule has 3 heterocycles. The molecule has 0 aliphatic carbocycles. The molecule has 1 saturated heterocycles. The number of aromatic amines is 2. The largest absolute Gasteiger partial charge is 0.496 e. The van der Waals surface area contributed by atoms with Crippen molar-refractivity contribution in [3.05, 3.63) is 47.9 Å². The highest BCUT2D eigenvalue weighted by molar-refractivity contribution is 6.01. The lowest BCUT2D eigenvalue weighted by Gasteiger charge is -2.28. The molecule has 1 aromatic carbocycles. The van der Waals surface area contributed by atoms with Gasteiger partial charge in [0, 0.05) is 47.7 Å². The van der Waals surface area contributed by atoms with Crippen LogP contribution in [-0.2, 0) is 16.1 Å². The zero-order chi connectivity index (χ0) is 30.8. The van der Waals surface area contributed by atoms with E-state index in [0.29, 0.717) is 56.8 Å². The molecule has 12 heteroatoms.